The van der Waals surface area contributed by atoms with Crippen molar-refractivity contribution in [2.75, 3.05) is 0 Å². The number of pyridine rings is 1. The van der Waals surface area contributed by atoms with Crippen LogP contribution >= 0.6 is 0 Å². The molecule has 0 aliphatic heterocycles. The maximum absolute atomic E-state index is 12.6. The normalized spacial score (nSPS) is 12.8. The van der Waals surface area contributed by atoms with Gasteiger partial charge in [0.05, 0.1) is 34.3 Å². The monoisotopic (exact) mass is 291 g/mol. The molecule has 0 spiro atoms. The van der Waals surface area contributed by atoms with E-state index < -0.39 is 0 Å². The molecule has 0 aliphatic rings. The van der Waals surface area contributed by atoms with Crippen molar-refractivity contribution in [1.82, 2.24) is 24.5 Å². The summed E-state index contributed by atoms with van der Waals surface area (Å²) < 4.78 is 1.57. The molecule has 0 fully saturated rings. The number of fused-ring (bicyclic) bond motifs is 2. The molecule has 3 heterocycles. The second kappa shape index (κ2) is 4.77. The molecule has 1 atom stereocenters. The summed E-state index contributed by atoms with van der Waals surface area (Å²) in [5, 5.41) is 0.507. The molecule has 0 saturated carbocycles. The van der Waals surface area contributed by atoms with Gasteiger partial charge in [0, 0.05) is 12.4 Å². The van der Waals surface area contributed by atoms with E-state index in [0.29, 0.717) is 10.9 Å². The van der Waals surface area contributed by atoms with Crippen LogP contribution in [0.3, 0.4) is 0 Å². The second-order valence-corrected chi connectivity index (χ2v) is 5.16. The van der Waals surface area contributed by atoms with E-state index in [9.17, 15) is 4.79 Å². The van der Waals surface area contributed by atoms with Crippen molar-refractivity contribution in [1.29, 1.82) is 0 Å². The third-order valence-corrected chi connectivity index (χ3v) is 3.80. The molecule has 1 aromatic carbocycles. The number of imidazole rings is 1. The van der Waals surface area contributed by atoms with Crippen LogP contribution in [0.5, 0.6) is 0 Å². The largest absolute Gasteiger partial charge is 0.340 e. The summed E-state index contributed by atoms with van der Waals surface area (Å²) in [7, 11) is 0. The topological polar surface area (TPSA) is 76.5 Å². The van der Waals surface area contributed by atoms with Crippen molar-refractivity contribution in [2.24, 2.45) is 0 Å². The zero-order valence-corrected chi connectivity index (χ0v) is 11.9. The molecule has 0 aliphatic carbocycles. The van der Waals surface area contributed by atoms with Gasteiger partial charge in [-0.25, -0.2) is 9.97 Å². The first-order chi connectivity index (χ1) is 10.7. The van der Waals surface area contributed by atoms with Gasteiger partial charge < -0.3 is 4.98 Å². The minimum atomic E-state index is -0.239. The highest BCUT2D eigenvalue weighted by atomic mass is 16.1. The highest BCUT2D eigenvalue weighted by Gasteiger charge is 2.15. The van der Waals surface area contributed by atoms with Gasteiger partial charge in [-0.05, 0) is 25.1 Å². The quantitative estimate of drug-likeness (QED) is 0.614. The Hall–Kier alpha value is -3.02. The third kappa shape index (κ3) is 1.88. The Morgan fingerprint density at radius 3 is 2.91 bits per heavy atom. The van der Waals surface area contributed by atoms with Crippen LogP contribution in [0, 0.1) is 0 Å². The number of nitrogens with one attached hydrogen (secondary N) is 1. The Bertz CT molecular complexity index is 1000. The lowest BCUT2D eigenvalue weighted by Crippen LogP contribution is -2.25. The van der Waals surface area contributed by atoms with E-state index in [4.69, 9.17) is 0 Å². The number of benzene rings is 1. The minimum Gasteiger partial charge on any atom is -0.340 e. The van der Waals surface area contributed by atoms with Crippen LogP contribution < -0.4 is 5.56 Å². The van der Waals surface area contributed by atoms with Gasteiger partial charge in [-0.3, -0.25) is 14.3 Å². The number of nitrogens with zero attached hydrogens (tertiary/aromatic N) is 4. The Balaban J connectivity index is 1.87. The predicted molar refractivity (Wildman–Crippen MR) is 83.7 cm³/mol. The van der Waals surface area contributed by atoms with Crippen LogP contribution in [0.2, 0.25) is 0 Å². The fourth-order valence-corrected chi connectivity index (χ4v) is 2.56. The molecule has 0 saturated heterocycles. The van der Waals surface area contributed by atoms with Crippen LogP contribution in [-0.4, -0.2) is 24.5 Å². The molecule has 4 rings (SSSR count). The molecule has 22 heavy (non-hydrogen) atoms. The number of hydrogen-bond donors (Lipinski definition) is 1. The van der Waals surface area contributed by atoms with E-state index in [-0.39, 0.29) is 11.6 Å². The molecular weight excluding hydrogens is 278 g/mol. The summed E-state index contributed by atoms with van der Waals surface area (Å²) >= 11 is 0. The number of aromatic amines is 1. The zero-order chi connectivity index (χ0) is 15.1. The molecule has 6 heteroatoms. The van der Waals surface area contributed by atoms with Crippen molar-refractivity contribution < 1.29 is 0 Å². The smallest absolute Gasteiger partial charge is 0.263 e. The molecule has 3 aromatic heterocycles. The molecule has 0 amide bonds. The van der Waals surface area contributed by atoms with Crippen molar-refractivity contribution >= 4 is 21.9 Å². The molecule has 1 unspecified atom stereocenters. The van der Waals surface area contributed by atoms with Crippen molar-refractivity contribution in [3.05, 3.63) is 65.2 Å². The molecule has 0 radical (unpaired) electrons. The van der Waals surface area contributed by atoms with Gasteiger partial charge >= 0.3 is 0 Å². The predicted octanol–water partition coefficient (Wildman–Crippen LogP) is 2.28. The Labute approximate surface area is 125 Å². The van der Waals surface area contributed by atoms with Crippen LogP contribution in [0.25, 0.3) is 21.9 Å². The maximum Gasteiger partial charge on any atom is 0.263 e. The summed E-state index contributed by atoms with van der Waals surface area (Å²) in [6, 6.07) is 9.28. The number of rotatable bonds is 2. The third-order valence-electron chi connectivity index (χ3n) is 3.80. The molecular formula is C16H13N5O. The summed E-state index contributed by atoms with van der Waals surface area (Å²) in [5.74, 6) is 0.730. The Kier molecular flexibility index (Phi) is 2.75. The standard InChI is InChI=1S/C16H13N5O/c1-10(15-19-13-4-2-3-5-14(13)20-15)21-9-18-12-6-7-17-8-11(12)16(21)22/h2-10H,1H3,(H,19,20). The highest BCUT2D eigenvalue weighted by Crippen LogP contribution is 2.18. The number of para-hydroxylation sites is 2. The van der Waals surface area contributed by atoms with Gasteiger partial charge in [0.25, 0.3) is 5.56 Å². The first-order valence-corrected chi connectivity index (χ1v) is 6.99. The number of aromatic nitrogens is 5. The first kappa shape index (κ1) is 12.7. The van der Waals surface area contributed by atoms with Crippen LogP contribution in [0.1, 0.15) is 18.8 Å². The van der Waals surface area contributed by atoms with Gasteiger partial charge in [-0.1, -0.05) is 12.1 Å². The van der Waals surface area contributed by atoms with Crippen molar-refractivity contribution in [2.45, 2.75) is 13.0 Å². The second-order valence-electron chi connectivity index (χ2n) is 5.16. The van der Waals surface area contributed by atoms with E-state index in [1.165, 1.54) is 0 Å². The van der Waals surface area contributed by atoms with Gasteiger partial charge in [-0.2, -0.15) is 0 Å². The average Bonchev–Trinajstić information content (AvgIpc) is 2.99. The van der Waals surface area contributed by atoms with Gasteiger partial charge in [0.1, 0.15) is 5.82 Å². The minimum absolute atomic E-state index is 0.119. The molecule has 108 valence electrons. The van der Waals surface area contributed by atoms with Crippen LogP contribution in [0.15, 0.2) is 53.8 Å². The van der Waals surface area contributed by atoms with Crippen molar-refractivity contribution in [3.8, 4) is 0 Å². The van der Waals surface area contributed by atoms with Crippen LogP contribution in [-0.2, 0) is 0 Å². The fraction of sp³-hybridized carbons (Fsp3) is 0.125. The summed E-state index contributed by atoms with van der Waals surface area (Å²) in [6.07, 6.45) is 4.73. The lowest BCUT2D eigenvalue weighted by atomic mass is 10.2. The maximum atomic E-state index is 12.6. The van der Waals surface area contributed by atoms with Gasteiger partial charge in [0.15, 0.2) is 0 Å². The zero-order valence-electron chi connectivity index (χ0n) is 11.9. The number of hydrogen-bond acceptors (Lipinski definition) is 4. The SMILES string of the molecule is CC(c1nc2ccccc2[nH]1)n1cnc2ccncc2c1=O. The fourth-order valence-electron chi connectivity index (χ4n) is 2.56. The average molecular weight is 291 g/mol. The van der Waals surface area contributed by atoms with E-state index in [1.54, 1.807) is 29.4 Å². The Morgan fingerprint density at radius 2 is 2.05 bits per heavy atom. The summed E-state index contributed by atoms with van der Waals surface area (Å²) in [5.41, 5.74) is 2.36. The first-order valence-electron chi connectivity index (χ1n) is 6.99. The van der Waals surface area contributed by atoms with E-state index in [2.05, 4.69) is 19.9 Å². The van der Waals surface area contributed by atoms with Gasteiger partial charge in [-0.15, -0.1) is 0 Å². The van der Waals surface area contributed by atoms with Gasteiger partial charge in [0.2, 0.25) is 0 Å². The molecule has 6 nitrogen and oxygen atoms in total. The lowest BCUT2D eigenvalue weighted by Gasteiger charge is -2.12. The summed E-state index contributed by atoms with van der Waals surface area (Å²) in [4.78, 5) is 28.7. The Morgan fingerprint density at radius 1 is 1.18 bits per heavy atom. The molecule has 0 bridgehead atoms. The van der Waals surface area contributed by atoms with E-state index in [0.717, 1.165) is 16.9 Å². The van der Waals surface area contributed by atoms with E-state index in [1.807, 2.05) is 31.2 Å². The number of H-pyrrole nitrogens is 1. The van der Waals surface area contributed by atoms with Crippen LogP contribution in [0.4, 0.5) is 0 Å². The molecule has 4 aromatic rings. The lowest BCUT2D eigenvalue weighted by molar-refractivity contribution is 0.582. The van der Waals surface area contributed by atoms with Crippen molar-refractivity contribution in [3.63, 3.8) is 0 Å². The summed E-state index contributed by atoms with van der Waals surface area (Å²) in [6.45, 7) is 1.92. The molecule has 1 N–H and O–H groups in total. The highest BCUT2D eigenvalue weighted by molar-refractivity contribution is 5.76. The van der Waals surface area contributed by atoms with E-state index >= 15 is 0 Å².